The molecule has 32 heavy (non-hydrogen) atoms. The number of aromatic nitrogens is 3. The Labute approximate surface area is 185 Å². The van der Waals surface area contributed by atoms with E-state index in [4.69, 9.17) is 0 Å². The zero-order valence-corrected chi connectivity index (χ0v) is 17.3. The third kappa shape index (κ3) is 3.92. The number of pyridine rings is 3. The zero-order chi connectivity index (χ0) is 21.8. The van der Waals surface area contributed by atoms with Gasteiger partial charge < -0.3 is 10.6 Å². The lowest BCUT2D eigenvalue weighted by Gasteiger charge is -2.12. The van der Waals surface area contributed by atoms with E-state index in [-0.39, 0.29) is 0 Å². The molecule has 5 rings (SSSR count). The molecule has 3 aromatic heterocycles. The molecule has 2 N–H and O–H groups in total. The largest absolute Gasteiger partial charge is 0.366 e. The highest BCUT2D eigenvalue weighted by Gasteiger charge is 2.08. The van der Waals surface area contributed by atoms with Gasteiger partial charge in [-0.25, -0.2) is 4.98 Å². The number of nitriles is 1. The van der Waals surface area contributed by atoms with Crippen LogP contribution in [0.1, 0.15) is 16.7 Å². The summed E-state index contributed by atoms with van der Waals surface area (Å²) in [6, 6.07) is 26.0. The highest BCUT2D eigenvalue weighted by atomic mass is 15.1. The Hall–Kier alpha value is -4.50. The van der Waals surface area contributed by atoms with E-state index in [0.717, 1.165) is 32.9 Å². The maximum Gasteiger partial charge on any atom is 0.146 e. The van der Waals surface area contributed by atoms with Crippen LogP contribution in [0.4, 0.5) is 11.6 Å². The van der Waals surface area contributed by atoms with E-state index >= 15 is 0 Å². The molecule has 154 valence electrons. The number of hydrogen-bond donors (Lipinski definition) is 2. The molecule has 0 aliphatic heterocycles. The van der Waals surface area contributed by atoms with Gasteiger partial charge in [0.2, 0.25) is 0 Å². The fourth-order valence-electron chi connectivity index (χ4n) is 3.77. The smallest absolute Gasteiger partial charge is 0.146 e. The van der Waals surface area contributed by atoms with E-state index < -0.39 is 0 Å². The Kier molecular flexibility index (Phi) is 5.29. The molecular formula is C26H20N6. The Morgan fingerprint density at radius 1 is 0.688 bits per heavy atom. The average molecular weight is 416 g/mol. The molecule has 0 aliphatic carbocycles. The highest BCUT2D eigenvalue weighted by molar-refractivity contribution is 5.82. The molecule has 0 amide bonds. The Morgan fingerprint density at radius 3 is 1.91 bits per heavy atom. The minimum Gasteiger partial charge on any atom is -0.366 e. The van der Waals surface area contributed by atoms with Gasteiger partial charge in [-0.2, -0.15) is 5.26 Å². The van der Waals surface area contributed by atoms with Gasteiger partial charge in [-0.3, -0.25) is 9.97 Å². The van der Waals surface area contributed by atoms with Crippen molar-refractivity contribution in [3.8, 4) is 6.07 Å². The summed E-state index contributed by atoms with van der Waals surface area (Å²) >= 11 is 0. The predicted molar refractivity (Wildman–Crippen MR) is 127 cm³/mol. The Morgan fingerprint density at radius 2 is 1.28 bits per heavy atom. The molecule has 0 bridgehead atoms. The topological polar surface area (TPSA) is 86.5 Å². The van der Waals surface area contributed by atoms with Crippen LogP contribution in [-0.2, 0) is 13.1 Å². The van der Waals surface area contributed by atoms with Crippen molar-refractivity contribution in [3.63, 3.8) is 0 Å². The standard InChI is InChI=1S/C26H20N6/c27-15-20-11-12-23(30-16-21-7-1-5-18-9-3-13-28-24(18)21)32-26(20)31-17-22-8-2-6-19-10-4-14-29-25(19)22/h1-14H,16-17H2,(H2,30,31,32). The molecule has 0 spiro atoms. The highest BCUT2D eigenvalue weighted by Crippen LogP contribution is 2.21. The van der Waals surface area contributed by atoms with Crippen LogP contribution in [0.5, 0.6) is 0 Å². The van der Waals surface area contributed by atoms with E-state index in [1.807, 2.05) is 48.5 Å². The van der Waals surface area contributed by atoms with Crippen LogP contribution < -0.4 is 10.6 Å². The molecule has 0 saturated heterocycles. The van der Waals surface area contributed by atoms with Crippen molar-refractivity contribution in [1.82, 2.24) is 15.0 Å². The molecule has 0 radical (unpaired) electrons. The van der Waals surface area contributed by atoms with Gasteiger partial charge in [-0.15, -0.1) is 0 Å². The quantitative estimate of drug-likeness (QED) is 0.392. The summed E-state index contributed by atoms with van der Waals surface area (Å²) in [5.41, 5.74) is 4.55. The number of benzene rings is 2. The molecule has 6 nitrogen and oxygen atoms in total. The lowest BCUT2D eigenvalue weighted by molar-refractivity contribution is 1.08. The van der Waals surface area contributed by atoms with Gasteiger partial charge in [0.25, 0.3) is 0 Å². The minimum atomic E-state index is 0.496. The summed E-state index contributed by atoms with van der Waals surface area (Å²) < 4.78 is 0. The minimum absolute atomic E-state index is 0.496. The van der Waals surface area contributed by atoms with Crippen LogP contribution >= 0.6 is 0 Å². The van der Waals surface area contributed by atoms with Crippen LogP contribution in [-0.4, -0.2) is 15.0 Å². The van der Waals surface area contributed by atoms with Gasteiger partial charge in [-0.05, 0) is 35.4 Å². The number of rotatable bonds is 6. The number of nitrogens with zero attached hydrogens (tertiary/aromatic N) is 4. The van der Waals surface area contributed by atoms with Gasteiger partial charge in [0.15, 0.2) is 0 Å². The summed E-state index contributed by atoms with van der Waals surface area (Å²) in [5.74, 6) is 1.23. The first-order chi connectivity index (χ1) is 15.8. The predicted octanol–water partition coefficient (Wildman–Crippen LogP) is 5.27. The Bertz CT molecular complexity index is 1440. The van der Waals surface area contributed by atoms with Crippen molar-refractivity contribution < 1.29 is 0 Å². The van der Waals surface area contributed by atoms with Crippen molar-refractivity contribution in [2.24, 2.45) is 0 Å². The number of anilines is 2. The third-order valence-electron chi connectivity index (χ3n) is 5.35. The van der Waals surface area contributed by atoms with Crippen LogP contribution in [0.15, 0.2) is 85.2 Å². The monoisotopic (exact) mass is 416 g/mol. The van der Waals surface area contributed by atoms with E-state index in [9.17, 15) is 5.26 Å². The molecule has 0 aliphatic rings. The van der Waals surface area contributed by atoms with Crippen LogP contribution in [0.2, 0.25) is 0 Å². The number of nitrogens with one attached hydrogen (secondary N) is 2. The summed E-state index contributed by atoms with van der Waals surface area (Å²) in [4.78, 5) is 13.7. The summed E-state index contributed by atoms with van der Waals surface area (Å²) in [6.45, 7) is 1.10. The molecule has 0 unspecified atom stereocenters. The van der Waals surface area contributed by atoms with Crippen molar-refractivity contribution in [1.29, 1.82) is 5.26 Å². The second-order valence-electron chi connectivity index (χ2n) is 7.40. The van der Waals surface area contributed by atoms with E-state index in [1.54, 1.807) is 18.5 Å². The molecule has 2 aromatic carbocycles. The second kappa shape index (κ2) is 8.70. The average Bonchev–Trinajstić information content (AvgIpc) is 2.86. The fraction of sp³-hybridized carbons (Fsp3) is 0.0769. The third-order valence-corrected chi connectivity index (χ3v) is 5.35. The zero-order valence-electron chi connectivity index (χ0n) is 17.3. The molecule has 6 heteroatoms. The lowest BCUT2D eigenvalue weighted by Crippen LogP contribution is -2.08. The maximum absolute atomic E-state index is 9.53. The van der Waals surface area contributed by atoms with Crippen molar-refractivity contribution >= 4 is 33.4 Å². The molecule has 0 saturated carbocycles. The van der Waals surface area contributed by atoms with E-state index in [1.165, 1.54) is 0 Å². The normalized spacial score (nSPS) is 10.7. The summed E-state index contributed by atoms with van der Waals surface area (Å²) in [7, 11) is 0. The molecule has 0 atom stereocenters. The van der Waals surface area contributed by atoms with Gasteiger partial charge in [0.05, 0.1) is 16.6 Å². The van der Waals surface area contributed by atoms with Gasteiger partial charge in [-0.1, -0.05) is 48.5 Å². The number of fused-ring (bicyclic) bond motifs is 2. The van der Waals surface area contributed by atoms with Crippen LogP contribution in [0.25, 0.3) is 21.8 Å². The molecule has 5 aromatic rings. The summed E-state index contributed by atoms with van der Waals surface area (Å²) in [6.07, 6.45) is 3.59. The van der Waals surface area contributed by atoms with E-state index in [2.05, 4.69) is 49.9 Å². The van der Waals surface area contributed by atoms with Crippen LogP contribution in [0.3, 0.4) is 0 Å². The van der Waals surface area contributed by atoms with Gasteiger partial charge in [0, 0.05) is 36.3 Å². The van der Waals surface area contributed by atoms with E-state index in [0.29, 0.717) is 30.3 Å². The Balaban J connectivity index is 1.36. The molecule has 3 heterocycles. The number of hydrogen-bond acceptors (Lipinski definition) is 6. The number of para-hydroxylation sites is 2. The van der Waals surface area contributed by atoms with Gasteiger partial charge in [0.1, 0.15) is 17.7 Å². The first kappa shape index (κ1) is 19.5. The van der Waals surface area contributed by atoms with Crippen molar-refractivity contribution in [3.05, 3.63) is 102 Å². The maximum atomic E-state index is 9.53. The lowest BCUT2D eigenvalue weighted by atomic mass is 10.1. The first-order valence-electron chi connectivity index (χ1n) is 10.4. The molecular weight excluding hydrogens is 396 g/mol. The summed E-state index contributed by atoms with van der Waals surface area (Å²) in [5, 5.41) is 18.4. The fourth-order valence-corrected chi connectivity index (χ4v) is 3.77. The first-order valence-corrected chi connectivity index (χ1v) is 10.4. The SMILES string of the molecule is N#Cc1ccc(NCc2cccc3cccnc23)nc1NCc1cccc2cccnc12. The molecule has 0 fully saturated rings. The second-order valence-corrected chi connectivity index (χ2v) is 7.40. The van der Waals surface area contributed by atoms with Crippen LogP contribution in [0, 0.1) is 11.3 Å². The van der Waals surface area contributed by atoms with Crippen molar-refractivity contribution in [2.75, 3.05) is 10.6 Å². The van der Waals surface area contributed by atoms with Crippen molar-refractivity contribution in [2.45, 2.75) is 13.1 Å². The van der Waals surface area contributed by atoms with Gasteiger partial charge >= 0.3 is 0 Å².